The number of hydrogen-bond acceptors (Lipinski definition) is 4. The van der Waals surface area contributed by atoms with E-state index in [4.69, 9.17) is 10.3 Å². The second-order valence-electron chi connectivity index (χ2n) is 2.44. The van der Waals surface area contributed by atoms with Crippen LogP contribution in [0, 0.1) is 0 Å². The summed E-state index contributed by atoms with van der Waals surface area (Å²) in [4.78, 5) is 0. The van der Waals surface area contributed by atoms with Crippen molar-refractivity contribution in [1.82, 2.24) is 4.57 Å². The second-order valence-corrected chi connectivity index (χ2v) is 3.49. The quantitative estimate of drug-likeness (QED) is 0.359. The molecule has 0 fully saturated rings. The average Bonchev–Trinajstić information content (AvgIpc) is 2.31. The molecule has 0 aliphatic heterocycles. The van der Waals surface area contributed by atoms with Crippen LogP contribution in [0.5, 0.6) is 0 Å². The number of nitrogens with two attached hydrogens (primary N) is 1. The van der Waals surface area contributed by atoms with Crippen LogP contribution in [0.25, 0.3) is 0 Å². The zero-order valence-corrected chi connectivity index (χ0v) is 7.68. The Labute approximate surface area is 75.3 Å². The fourth-order valence-corrected chi connectivity index (χ4v) is 1.14. The molecule has 74 valence electrons. The van der Waals surface area contributed by atoms with E-state index in [-0.39, 0.29) is 0 Å². The first-order valence-corrected chi connectivity index (χ1v) is 4.69. The summed E-state index contributed by atoms with van der Waals surface area (Å²) in [6.07, 6.45) is 3.41. The van der Waals surface area contributed by atoms with E-state index in [2.05, 4.69) is 4.18 Å². The highest BCUT2D eigenvalue weighted by Gasteiger charge is 2.18. The van der Waals surface area contributed by atoms with Gasteiger partial charge in [0, 0.05) is 0 Å². The Morgan fingerprint density at radius 1 is 1.69 bits per heavy atom. The van der Waals surface area contributed by atoms with Crippen LogP contribution in [-0.2, 0) is 21.6 Å². The van der Waals surface area contributed by atoms with Gasteiger partial charge in [0.1, 0.15) is 12.4 Å². The molecule has 0 bridgehead atoms. The van der Waals surface area contributed by atoms with Gasteiger partial charge in [0.15, 0.2) is 0 Å². The third-order valence-corrected chi connectivity index (χ3v) is 1.74. The topological polar surface area (TPSA) is 98.4 Å². The fourth-order valence-electron chi connectivity index (χ4n) is 0.794. The lowest BCUT2D eigenvalue weighted by Crippen LogP contribution is -2.45. The Kier molecular flexibility index (Phi) is 2.66. The number of nitrogens with zero attached hydrogens (tertiary/aromatic N) is 2. The monoisotopic (exact) mass is 208 g/mol. The summed E-state index contributed by atoms with van der Waals surface area (Å²) in [5.74, 6) is 0. The van der Waals surface area contributed by atoms with Crippen molar-refractivity contribution < 1.29 is 21.7 Å². The van der Waals surface area contributed by atoms with Crippen LogP contribution in [0.2, 0.25) is 0 Å². The summed E-state index contributed by atoms with van der Waals surface area (Å²) in [5, 5.41) is 0. The van der Waals surface area contributed by atoms with Crippen molar-refractivity contribution >= 4 is 10.4 Å². The molecule has 0 aromatic carbocycles. The zero-order valence-electron chi connectivity index (χ0n) is 6.86. The molecule has 1 heterocycles. The number of aromatic nitrogens is 2. The van der Waals surface area contributed by atoms with Crippen LogP contribution in [0.3, 0.4) is 0 Å². The second kappa shape index (κ2) is 3.42. The molecule has 0 saturated heterocycles. The Hall–Kier alpha value is -0.960. The molecule has 1 unspecified atom stereocenters. The predicted molar refractivity (Wildman–Crippen MR) is 41.5 cm³/mol. The number of aryl methyl sites for hydroxylation is 1. The predicted octanol–water partition coefficient (Wildman–Crippen LogP) is -1.45. The smallest absolute Gasteiger partial charge is 0.267 e. The molecule has 13 heavy (non-hydrogen) atoms. The van der Waals surface area contributed by atoms with Gasteiger partial charge in [0.05, 0.1) is 7.05 Å². The van der Waals surface area contributed by atoms with E-state index in [9.17, 15) is 8.42 Å². The maximum absolute atomic E-state index is 10.3. The van der Waals surface area contributed by atoms with E-state index in [1.54, 1.807) is 17.8 Å². The lowest BCUT2D eigenvalue weighted by atomic mass is 10.8. The van der Waals surface area contributed by atoms with E-state index >= 15 is 0 Å². The van der Waals surface area contributed by atoms with E-state index in [0.29, 0.717) is 0 Å². The zero-order chi connectivity index (χ0) is 10.1. The van der Waals surface area contributed by atoms with E-state index in [1.807, 2.05) is 0 Å². The summed E-state index contributed by atoms with van der Waals surface area (Å²) < 4.78 is 35.8. The lowest BCUT2D eigenvalue weighted by Gasteiger charge is -2.04. The number of hydrogen-bond donors (Lipinski definition) is 2. The highest BCUT2D eigenvalue weighted by molar-refractivity contribution is 7.80. The molecule has 1 aromatic heterocycles. The minimum atomic E-state index is -4.52. The van der Waals surface area contributed by atoms with Gasteiger partial charge in [-0.15, -0.1) is 0 Å². The maximum atomic E-state index is 10.3. The van der Waals surface area contributed by atoms with Gasteiger partial charge in [-0.25, -0.2) is 4.57 Å². The van der Waals surface area contributed by atoms with Crippen molar-refractivity contribution in [2.75, 3.05) is 0 Å². The van der Waals surface area contributed by atoms with Gasteiger partial charge in [-0.05, 0) is 0 Å². The van der Waals surface area contributed by atoms with Crippen molar-refractivity contribution in [1.29, 1.82) is 0 Å². The molecule has 1 atom stereocenters. The van der Waals surface area contributed by atoms with Gasteiger partial charge in [-0.2, -0.15) is 17.2 Å². The van der Waals surface area contributed by atoms with Gasteiger partial charge < -0.3 is 0 Å². The van der Waals surface area contributed by atoms with Gasteiger partial charge >= 0.3 is 10.4 Å². The van der Waals surface area contributed by atoms with Crippen molar-refractivity contribution in [2.24, 2.45) is 12.8 Å². The summed E-state index contributed by atoms with van der Waals surface area (Å²) in [6, 6.07) is 0. The molecule has 1 rings (SSSR count). The Balaban J connectivity index is 2.75. The number of rotatable bonds is 3. The van der Waals surface area contributed by atoms with E-state index < -0.39 is 16.8 Å². The summed E-state index contributed by atoms with van der Waals surface area (Å²) in [7, 11) is -2.78. The minimum absolute atomic E-state index is 1.25. The van der Waals surface area contributed by atoms with Crippen LogP contribution >= 0.6 is 0 Å². The largest absolute Gasteiger partial charge is 0.402 e. The molecule has 0 radical (unpaired) electrons. The van der Waals surface area contributed by atoms with Crippen LogP contribution in [0.15, 0.2) is 18.7 Å². The summed E-state index contributed by atoms with van der Waals surface area (Å²) >= 11 is 0. The van der Waals surface area contributed by atoms with E-state index in [0.717, 1.165) is 0 Å². The maximum Gasteiger partial charge on any atom is 0.402 e. The van der Waals surface area contributed by atoms with Crippen molar-refractivity contribution in [3.8, 4) is 0 Å². The average molecular weight is 208 g/mol. The Bertz CT molecular complexity index is 384. The third kappa shape index (κ3) is 3.11. The van der Waals surface area contributed by atoms with Gasteiger partial charge in [-0.1, -0.05) is 0 Å². The van der Waals surface area contributed by atoms with Gasteiger partial charge in [0.25, 0.3) is 6.35 Å². The Morgan fingerprint density at radius 3 is 2.69 bits per heavy atom. The molecular weight excluding hydrogens is 198 g/mol. The highest BCUT2D eigenvalue weighted by Crippen LogP contribution is 1.95. The molecule has 0 amide bonds. The first-order valence-electron chi connectivity index (χ1n) is 3.32. The van der Waals surface area contributed by atoms with E-state index in [1.165, 1.54) is 17.1 Å². The van der Waals surface area contributed by atoms with Crippen LogP contribution in [0.1, 0.15) is 6.35 Å². The van der Waals surface area contributed by atoms with Gasteiger partial charge in [-0.3, -0.25) is 10.3 Å². The fraction of sp³-hybridized carbons (Fsp3) is 0.400. The van der Waals surface area contributed by atoms with Crippen LogP contribution in [-0.4, -0.2) is 17.5 Å². The van der Waals surface area contributed by atoms with Crippen LogP contribution in [0.4, 0.5) is 0 Å². The summed E-state index contributed by atoms with van der Waals surface area (Å²) in [5.41, 5.74) is 5.28. The van der Waals surface area contributed by atoms with Crippen molar-refractivity contribution in [3.63, 3.8) is 0 Å². The number of imidazole rings is 1. The molecule has 7 nitrogen and oxygen atoms in total. The Morgan fingerprint density at radius 2 is 2.31 bits per heavy atom. The molecule has 0 aliphatic rings. The highest BCUT2D eigenvalue weighted by atomic mass is 32.3. The molecule has 3 N–H and O–H groups in total. The molecule has 0 spiro atoms. The third-order valence-electron chi connectivity index (χ3n) is 1.30. The van der Waals surface area contributed by atoms with Crippen LogP contribution < -0.4 is 10.3 Å². The van der Waals surface area contributed by atoms with Crippen molar-refractivity contribution in [3.05, 3.63) is 18.7 Å². The first kappa shape index (κ1) is 10.1. The molecule has 0 aliphatic carbocycles. The van der Waals surface area contributed by atoms with Crippen molar-refractivity contribution in [2.45, 2.75) is 6.35 Å². The molecular formula is C5H10N3O4S+. The molecule has 0 saturated carbocycles. The van der Waals surface area contributed by atoms with Gasteiger partial charge in [0.2, 0.25) is 6.33 Å². The molecule has 1 aromatic rings. The lowest BCUT2D eigenvalue weighted by molar-refractivity contribution is -0.752. The summed E-state index contributed by atoms with van der Waals surface area (Å²) in [6.45, 7) is 0. The minimum Gasteiger partial charge on any atom is -0.267 e. The standard InChI is InChI=1S/C5H9N3O4S/c1-7-2-3-8(4-7)5(6)12-13(9,10)11/h2-5H,6H2,1H3/p+1. The molecule has 8 heteroatoms. The SMILES string of the molecule is Cn1cc[n+](C(N)OS(=O)(=O)O)c1. The normalized spacial score (nSPS) is 14.4. The first-order chi connectivity index (χ1) is 5.88.